The predicted octanol–water partition coefficient (Wildman–Crippen LogP) is 3.25. The normalized spacial score (nSPS) is 15.8. The highest BCUT2D eigenvalue weighted by molar-refractivity contribution is 5.80. The molecular weight excluding hydrogens is 297 g/mol. The van der Waals surface area contributed by atoms with Crippen LogP contribution in [0.5, 0.6) is 0 Å². The van der Waals surface area contributed by atoms with Crippen molar-refractivity contribution in [3.8, 4) is 0 Å². The number of nitrogens with zero attached hydrogens (tertiary/aromatic N) is 2. The Morgan fingerprint density at radius 2 is 2.04 bits per heavy atom. The summed E-state index contributed by atoms with van der Waals surface area (Å²) in [6.07, 6.45) is 1.94. The Morgan fingerprint density at radius 1 is 1.30 bits per heavy atom. The van der Waals surface area contributed by atoms with Crippen LogP contribution >= 0.6 is 0 Å². The van der Waals surface area contributed by atoms with Crippen molar-refractivity contribution in [2.75, 3.05) is 24.5 Å². The molecule has 2 heterocycles. The van der Waals surface area contributed by atoms with Crippen LogP contribution in [0.15, 0.2) is 30.3 Å². The third-order valence-corrected chi connectivity index (χ3v) is 4.41. The third-order valence-electron chi connectivity index (χ3n) is 4.41. The van der Waals surface area contributed by atoms with Crippen LogP contribution in [0.3, 0.4) is 0 Å². The fourth-order valence-electron chi connectivity index (χ4n) is 3.09. The predicted molar refractivity (Wildman–Crippen MR) is 87.3 cm³/mol. The van der Waals surface area contributed by atoms with Crippen molar-refractivity contribution in [3.05, 3.63) is 36.1 Å². The van der Waals surface area contributed by atoms with Crippen LogP contribution < -0.4 is 10.2 Å². The van der Waals surface area contributed by atoms with E-state index in [0.717, 1.165) is 43.6 Å². The van der Waals surface area contributed by atoms with E-state index in [-0.39, 0.29) is 5.82 Å². The van der Waals surface area contributed by atoms with Crippen LogP contribution in [0.2, 0.25) is 0 Å². The van der Waals surface area contributed by atoms with E-state index in [4.69, 9.17) is 5.11 Å². The van der Waals surface area contributed by atoms with Crippen molar-refractivity contribution in [1.29, 1.82) is 0 Å². The molecule has 0 aliphatic carbocycles. The molecule has 1 aromatic carbocycles. The third kappa shape index (κ3) is 3.88. The van der Waals surface area contributed by atoms with Gasteiger partial charge in [0, 0.05) is 31.1 Å². The maximum absolute atomic E-state index is 13.3. The first-order valence-electron chi connectivity index (χ1n) is 7.90. The fraction of sp³-hybridized carbons (Fsp3) is 0.412. The lowest BCUT2D eigenvalue weighted by Gasteiger charge is -2.33. The number of anilines is 1. The van der Waals surface area contributed by atoms with Gasteiger partial charge in [-0.05, 0) is 49.4 Å². The molecule has 1 saturated heterocycles. The van der Waals surface area contributed by atoms with Gasteiger partial charge in [-0.15, -0.1) is 0 Å². The van der Waals surface area contributed by atoms with Crippen molar-refractivity contribution >= 4 is 22.8 Å². The summed E-state index contributed by atoms with van der Waals surface area (Å²) >= 11 is 0. The maximum Gasteiger partial charge on any atom is 0.404 e. The average molecular weight is 317 g/mol. The summed E-state index contributed by atoms with van der Waals surface area (Å²) in [4.78, 5) is 17.2. The molecule has 0 radical (unpaired) electrons. The minimum Gasteiger partial charge on any atom is -0.465 e. The van der Waals surface area contributed by atoms with Crippen LogP contribution in [-0.4, -0.2) is 35.8 Å². The molecule has 2 N–H and O–H groups in total. The van der Waals surface area contributed by atoms with Crippen molar-refractivity contribution in [2.24, 2.45) is 5.92 Å². The van der Waals surface area contributed by atoms with Crippen LogP contribution in [0.4, 0.5) is 15.0 Å². The second-order valence-corrected chi connectivity index (χ2v) is 5.96. The second-order valence-electron chi connectivity index (χ2n) is 5.96. The number of carbonyl (C=O) groups is 1. The summed E-state index contributed by atoms with van der Waals surface area (Å²) in [6, 6.07) is 8.60. The SMILES string of the molecule is O=C(O)NCCC1CCN(c2ccc3ccc(F)cc3n2)CC1. The number of aromatic nitrogens is 1. The monoisotopic (exact) mass is 317 g/mol. The van der Waals surface area contributed by atoms with Crippen molar-refractivity contribution in [2.45, 2.75) is 19.3 Å². The Balaban J connectivity index is 1.60. The van der Waals surface area contributed by atoms with Gasteiger partial charge in [-0.1, -0.05) is 0 Å². The Labute approximate surface area is 134 Å². The number of hydrogen-bond donors (Lipinski definition) is 2. The summed E-state index contributed by atoms with van der Waals surface area (Å²) in [5.41, 5.74) is 0.676. The molecule has 0 bridgehead atoms. The Morgan fingerprint density at radius 3 is 2.78 bits per heavy atom. The highest BCUT2D eigenvalue weighted by atomic mass is 19.1. The zero-order chi connectivity index (χ0) is 16.2. The molecule has 1 amide bonds. The number of pyridine rings is 1. The van der Waals surface area contributed by atoms with E-state index in [9.17, 15) is 9.18 Å². The zero-order valence-corrected chi connectivity index (χ0v) is 12.8. The molecule has 5 nitrogen and oxygen atoms in total. The molecule has 0 atom stereocenters. The smallest absolute Gasteiger partial charge is 0.404 e. The minimum absolute atomic E-state index is 0.271. The summed E-state index contributed by atoms with van der Waals surface area (Å²) < 4.78 is 13.3. The lowest BCUT2D eigenvalue weighted by atomic mass is 9.93. The maximum atomic E-state index is 13.3. The van der Waals surface area contributed by atoms with Gasteiger partial charge in [-0.3, -0.25) is 0 Å². The van der Waals surface area contributed by atoms with Crippen LogP contribution in [0.1, 0.15) is 19.3 Å². The number of fused-ring (bicyclic) bond motifs is 1. The quantitative estimate of drug-likeness (QED) is 0.908. The molecule has 0 saturated carbocycles. The molecule has 1 aliphatic rings. The van der Waals surface area contributed by atoms with Crippen LogP contribution in [-0.2, 0) is 0 Å². The van der Waals surface area contributed by atoms with Gasteiger partial charge < -0.3 is 15.3 Å². The highest BCUT2D eigenvalue weighted by Gasteiger charge is 2.20. The number of carboxylic acid groups (broad SMARTS) is 1. The molecule has 0 unspecified atom stereocenters. The van der Waals surface area contributed by atoms with E-state index in [1.807, 2.05) is 12.1 Å². The van der Waals surface area contributed by atoms with Gasteiger partial charge in [0.05, 0.1) is 5.52 Å². The van der Waals surface area contributed by atoms with Gasteiger partial charge in [-0.25, -0.2) is 14.2 Å². The molecule has 1 aliphatic heterocycles. The Hall–Kier alpha value is -2.37. The van der Waals surface area contributed by atoms with Gasteiger partial charge in [0.1, 0.15) is 11.6 Å². The molecular formula is C17H20FN3O2. The second kappa shape index (κ2) is 6.81. The minimum atomic E-state index is -0.963. The molecule has 0 spiro atoms. The van der Waals surface area contributed by atoms with E-state index in [0.29, 0.717) is 18.0 Å². The molecule has 23 heavy (non-hydrogen) atoms. The van der Waals surface area contributed by atoms with Gasteiger partial charge in [-0.2, -0.15) is 0 Å². The number of amides is 1. The molecule has 122 valence electrons. The Kier molecular flexibility index (Phi) is 4.60. The number of rotatable bonds is 4. The first kappa shape index (κ1) is 15.5. The standard InChI is InChI=1S/C17H20FN3O2/c18-14-3-1-13-2-4-16(20-15(13)11-14)21-9-6-12(7-10-21)5-8-19-17(22)23/h1-4,11-12,19H,5-10H2,(H,22,23). The number of halogens is 1. The summed E-state index contributed by atoms with van der Waals surface area (Å²) in [5, 5.41) is 11.9. The first-order valence-corrected chi connectivity index (χ1v) is 7.90. The number of benzene rings is 1. The largest absolute Gasteiger partial charge is 0.465 e. The first-order chi connectivity index (χ1) is 11.1. The topological polar surface area (TPSA) is 65.5 Å². The van der Waals surface area contributed by atoms with Crippen LogP contribution in [0, 0.1) is 11.7 Å². The van der Waals surface area contributed by atoms with Crippen molar-refractivity contribution < 1.29 is 14.3 Å². The highest BCUT2D eigenvalue weighted by Crippen LogP contribution is 2.25. The van der Waals surface area contributed by atoms with E-state index in [1.165, 1.54) is 12.1 Å². The van der Waals surface area contributed by atoms with Gasteiger partial charge in [0.15, 0.2) is 0 Å². The van der Waals surface area contributed by atoms with Crippen LogP contribution in [0.25, 0.3) is 10.9 Å². The molecule has 2 aromatic rings. The Bertz CT molecular complexity index is 699. The zero-order valence-electron chi connectivity index (χ0n) is 12.8. The lowest BCUT2D eigenvalue weighted by Crippen LogP contribution is -2.35. The average Bonchev–Trinajstić information content (AvgIpc) is 2.54. The molecule has 1 aromatic heterocycles. The molecule has 6 heteroatoms. The van der Waals surface area contributed by atoms with E-state index in [1.54, 1.807) is 6.07 Å². The molecule has 3 rings (SSSR count). The molecule has 1 fully saturated rings. The number of hydrogen-bond acceptors (Lipinski definition) is 3. The van der Waals surface area contributed by atoms with E-state index >= 15 is 0 Å². The summed E-state index contributed by atoms with van der Waals surface area (Å²) in [6.45, 7) is 2.30. The van der Waals surface area contributed by atoms with E-state index < -0.39 is 6.09 Å². The summed E-state index contributed by atoms with van der Waals surface area (Å²) in [7, 11) is 0. The fourth-order valence-corrected chi connectivity index (χ4v) is 3.09. The lowest BCUT2D eigenvalue weighted by molar-refractivity contribution is 0.193. The van der Waals surface area contributed by atoms with Gasteiger partial charge >= 0.3 is 6.09 Å². The van der Waals surface area contributed by atoms with E-state index in [2.05, 4.69) is 15.2 Å². The van der Waals surface area contributed by atoms with Gasteiger partial charge in [0.25, 0.3) is 0 Å². The number of nitrogens with one attached hydrogen (secondary N) is 1. The van der Waals surface area contributed by atoms with Crippen molar-refractivity contribution in [1.82, 2.24) is 10.3 Å². The van der Waals surface area contributed by atoms with Crippen molar-refractivity contribution in [3.63, 3.8) is 0 Å². The van der Waals surface area contributed by atoms with Gasteiger partial charge in [0.2, 0.25) is 0 Å². The summed E-state index contributed by atoms with van der Waals surface area (Å²) in [5.74, 6) is 1.15. The number of piperidine rings is 1.